The average molecular weight is 292 g/mol. The predicted molar refractivity (Wildman–Crippen MR) is 86.9 cm³/mol. The Kier molecular flexibility index (Phi) is 5.77. The van der Waals surface area contributed by atoms with Crippen LogP contribution in [-0.2, 0) is 0 Å². The number of piperidine rings is 1. The van der Waals surface area contributed by atoms with Gasteiger partial charge in [-0.2, -0.15) is 0 Å². The summed E-state index contributed by atoms with van der Waals surface area (Å²) >= 11 is 0. The maximum Gasteiger partial charge on any atom is 0.128 e. The van der Waals surface area contributed by atoms with Crippen LogP contribution in [0.1, 0.15) is 51.1 Å². The Hall–Kier alpha value is -0.930. The highest BCUT2D eigenvalue weighted by Crippen LogP contribution is 2.38. The molecule has 1 aliphatic heterocycles. The van der Waals surface area contributed by atoms with Crippen LogP contribution in [0.5, 0.6) is 0 Å². The van der Waals surface area contributed by atoms with E-state index in [4.69, 9.17) is 0 Å². The molecule has 3 heteroatoms. The van der Waals surface area contributed by atoms with Crippen molar-refractivity contribution in [3.05, 3.63) is 35.6 Å². The SMILES string of the molecule is CCC1(CC)CCN(CC(NC)c2ccccc2F)CC1. The van der Waals surface area contributed by atoms with Gasteiger partial charge < -0.3 is 10.2 Å². The predicted octanol–water partition coefficient (Wildman–Crippen LogP) is 3.99. The van der Waals surface area contributed by atoms with E-state index in [2.05, 4.69) is 24.1 Å². The van der Waals surface area contributed by atoms with Crippen molar-refractivity contribution in [3.8, 4) is 0 Å². The Labute approximate surface area is 128 Å². The van der Waals surface area contributed by atoms with Gasteiger partial charge in [0.1, 0.15) is 5.82 Å². The zero-order valence-electron chi connectivity index (χ0n) is 13.7. The van der Waals surface area contributed by atoms with Crippen LogP contribution in [0, 0.1) is 11.2 Å². The monoisotopic (exact) mass is 292 g/mol. The Morgan fingerprint density at radius 1 is 1.19 bits per heavy atom. The van der Waals surface area contributed by atoms with Crippen molar-refractivity contribution >= 4 is 0 Å². The Balaban J connectivity index is 1.97. The number of rotatable bonds is 6. The molecule has 2 rings (SSSR count). The third kappa shape index (κ3) is 3.83. The molecule has 0 aromatic heterocycles. The number of hydrogen-bond acceptors (Lipinski definition) is 2. The van der Waals surface area contributed by atoms with Crippen molar-refractivity contribution in [3.63, 3.8) is 0 Å². The molecule has 0 amide bonds. The molecular formula is C18H29FN2. The topological polar surface area (TPSA) is 15.3 Å². The van der Waals surface area contributed by atoms with E-state index in [-0.39, 0.29) is 11.9 Å². The van der Waals surface area contributed by atoms with E-state index in [1.54, 1.807) is 12.1 Å². The van der Waals surface area contributed by atoms with E-state index in [1.807, 2.05) is 19.2 Å². The number of halogens is 1. The summed E-state index contributed by atoms with van der Waals surface area (Å²) in [4.78, 5) is 2.48. The van der Waals surface area contributed by atoms with Crippen LogP contribution in [0.4, 0.5) is 4.39 Å². The van der Waals surface area contributed by atoms with Crippen LogP contribution in [-0.4, -0.2) is 31.6 Å². The number of likely N-dealkylation sites (tertiary alicyclic amines) is 1. The molecule has 0 bridgehead atoms. The smallest absolute Gasteiger partial charge is 0.128 e. The summed E-state index contributed by atoms with van der Waals surface area (Å²) in [7, 11) is 1.92. The Bertz CT molecular complexity index is 433. The maximum absolute atomic E-state index is 14.0. The fraction of sp³-hybridized carbons (Fsp3) is 0.667. The number of likely N-dealkylation sites (N-methyl/N-ethyl adjacent to an activating group) is 1. The molecule has 0 aliphatic carbocycles. The minimum absolute atomic E-state index is 0.0713. The summed E-state index contributed by atoms with van der Waals surface area (Å²) < 4.78 is 14.0. The number of benzene rings is 1. The van der Waals surface area contributed by atoms with Crippen molar-refractivity contribution in [2.45, 2.75) is 45.6 Å². The van der Waals surface area contributed by atoms with Crippen LogP contribution in [0.25, 0.3) is 0 Å². The molecular weight excluding hydrogens is 263 g/mol. The normalized spacial score (nSPS) is 20.4. The van der Waals surface area contributed by atoms with Gasteiger partial charge in [0.2, 0.25) is 0 Å². The van der Waals surface area contributed by atoms with Gasteiger partial charge >= 0.3 is 0 Å². The summed E-state index contributed by atoms with van der Waals surface area (Å²) in [6, 6.07) is 7.18. The van der Waals surface area contributed by atoms with Gasteiger partial charge in [0.05, 0.1) is 0 Å². The molecule has 118 valence electrons. The highest BCUT2D eigenvalue weighted by atomic mass is 19.1. The minimum Gasteiger partial charge on any atom is -0.312 e. The molecule has 1 N–H and O–H groups in total. The standard InChI is InChI=1S/C18H29FN2/c1-4-18(5-2)10-12-21(13-11-18)14-17(20-3)15-8-6-7-9-16(15)19/h6-9,17,20H,4-5,10-14H2,1-3H3. The first-order valence-corrected chi connectivity index (χ1v) is 8.28. The molecule has 0 radical (unpaired) electrons. The highest BCUT2D eigenvalue weighted by Gasteiger charge is 2.32. The lowest BCUT2D eigenvalue weighted by Crippen LogP contribution is -2.43. The van der Waals surface area contributed by atoms with Gasteiger partial charge in [-0.1, -0.05) is 44.9 Å². The second-order valence-electron chi connectivity index (χ2n) is 6.37. The Morgan fingerprint density at radius 2 is 1.81 bits per heavy atom. The fourth-order valence-electron chi connectivity index (χ4n) is 3.53. The molecule has 21 heavy (non-hydrogen) atoms. The lowest BCUT2D eigenvalue weighted by Gasteiger charge is -2.42. The van der Waals surface area contributed by atoms with Gasteiger partial charge in [-0.15, -0.1) is 0 Å². The summed E-state index contributed by atoms with van der Waals surface area (Å²) in [5.74, 6) is -0.106. The van der Waals surface area contributed by atoms with Crippen molar-refractivity contribution in [2.75, 3.05) is 26.7 Å². The van der Waals surface area contributed by atoms with E-state index in [1.165, 1.54) is 25.7 Å². The molecule has 1 heterocycles. The second-order valence-corrected chi connectivity index (χ2v) is 6.37. The van der Waals surface area contributed by atoms with E-state index >= 15 is 0 Å². The molecule has 1 aliphatic rings. The number of nitrogens with one attached hydrogen (secondary N) is 1. The van der Waals surface area contributed by atoms with Crippen LogP contribution in [0.2, 0.25) is 0 Å². The lowest BCUT2D eigenvalue weighted by molar-refractivity contribution is 0.0888. The first-order valence-electron chi connectivity index (χ1n) is 8.28. The minimum atomic E-state index is -0.106. The van der Waals surface area contributed by atoms with E-state index in [0.717, 1.165) is 25.2 Å². The maximum atomic E-state index is 14.0. The molecule has 1 atom stereocenters. The number of hydrogen-bond donors (Lipinski definition) is 1. The summed E-state index contributed by atoms with van der Waals surface area (Å²) in [6.45, 7) is 7.79. The lowest BCUT2D eigenvalue weighted by atomic mass is 9.74. The van der Waals surface area contributed by atoms with E-state index in [0.29, 0.717) is 5.41 Å². The highest BCUT2D eigenvalue weighted by molar-refractivity contribution is 5.21. The summed E-state index contributed by atoms with van der Waals surface area (Å²) in [5, 5.41) is 3.27. The molecule has 1 saturated heterocycles. The van der Waals surface area contributed by atoms with Gasteiger partial charge in [-0.25, -0.2) is 4.39 Å². The average Bonchev–Trinajstić information content (AvgIpc) is 2.54. The number of nitrogens with zero attached hydrogens (tertiary/aromatic N) is 1. The summed E-state index contributed by atoms with van der Waals surface area (Å²) in [6.07, 6.45) is 5.10. The first-order chi connectivity index (χ1) is 10.1. The van der Waals surface area contributed by atoms with Crippen LogP contribution in [0.15, 0.2) is 24.3 Å². The molecule has 0 saturated carbocycles. The quantitative estimate of drug-likeness (QED) is 0.853. The molecule has 1 aromatic carbocycles. The zero-order chi connectivity index (χ0) is 15.3. The Morgan fingerprint density at radius 3 is 2.33 bits per heavy atom. The van der Waals surface area contributed by atoms with E-state index < -0.39 is 0 Å². The van der Waals surface area contributed by atoms with Gasteiger partial charge in [-0.05, 0) is 44.5 Å². The van der Waals surface area contributed by atoms with Crippen LogP contribution in [0.3, 0.4) is 0 Å². The second kappa shape index (κ2) is 7.37. The van der Waals surface area contributed by atoms with Gasteiger partial charge in [0, 0.05) is 18.2 Å². The molecule has 1 unspecified atom stereocenters. The third-order valence-electron chi connectivity index (χ3n) is 5.49. The van der Waals surface area contributed by atoms with Gasteiger partial charge in [0.15, 0.2) is 0 Å². The van der Waals surface area contributed by atoms with Crippen LogP contribution >= 0.6 is 0 Å². The van der Waals surface area contributed by atoms with Crippen molar-refractivity contribution in [1.29, 1.82) is 0 Å². The first kappa shape index (κ1) is 16.4. The van der Waals surface area contributed by atoms with Crippen molar-refractivity contribution in [1.82, 2.24) is 10.2 Å². The molecule has 0 spiro atoms. The molecule has 2 nitrogen and oxygen atoms in total. The molecule has 1 aromatic rings. The van der Waals surface area contributed by atoms with Gasteiger partial charge in [-0.3, -0.25) is 0 Å². The zero-order valence-corrected chi connectivity index (χ0v) is 13.7. The third-order valence-corrected chi connectivity index (χ3v) is 5.49. The summed E-state index contributed by atoms with van der Waals surface area (Å²) in [5.41, 5.74) is 1.33. The van der Waals surface area contributed by atoms with Crippen molar-refractivity contribution < 1.29 is 4.39 Å². The molecule has 1 fully saturated rings. The largest absolute Gasteiger partial charge is 0.312 e. The van der Waals surface area contributed by atoms with Crippen molar-refractivity contribution in [2.24, 2.45) is 5.41 Å². The van der Waals surface area contributed by atoms with Gasteiger partial charge in [0.25, 0.3) is 0 Å². The fourth-order valence-corrected chi connectivity index (χ4v) is 3.53. The van der Waals surface area contributed by atoms with Crippen LogP contribution < -0.4 is 5.32 Å². The van der Waals surface area contributed by atoms with E-state index in [9.17, 15) is 4.39 Å².